The minimum atomic E-state index is 0.180. The van der Waals surface area contributed by atoms with Gasteiger partial charge in [-0.15, -0.1) is 0 Å². The molecule has 0 saturated heterocycles. The normalized spacial score (nSPS) is 10.5. The van der Waals surface area contributed by atoms with E-state index in [0.717, 1.165) is 17.1 Å². The highest BCUT2D eigenvalue weighted by atomic mass is 35.5. The fraction of sp³-hybridized carbons (Fsp3) is 0.214. The van der Waals surface area contributed by atoms with Crippen molar-refractivity contribution in [2.24, 2.45) is 0 Å². The number of Topliss-reactive ketones (excluding diaryl/α,β-unsaturated/α-hetero) is 1. The van der Waals surface area contributed by atoms with Gasteiger partial charge in [0.25, 0.3) is 0 Å². The second kappa shape index (κ2) is 5.19. The van der Waals surface area contributed by atoms with E-state index in [4.69, 9.17) is 11.6 Å². The van der Waals surface area contributed by atoms with Gasteiger partial charge in [0.1, 0.15) is 0 Å². The minimum absolute atomic E-state index is 0.180. The number of ketones is 1. The molecule has 1 aromatic carbocycles. The molecule has 0 spiro atoms. The highest BCUT2D eigenvalue weighted by Crippen LogP contribution is 2.12. The molecule has 88 valence electrons. The Balaban J connectivity index is 2.11. The molecular weight excluding hydrogens is 234 g/mol. The smallest absolute Gasteiger partial charge is 0.164 e. The van der Waals surface area contributed by atoms with E-state index in [1.54, 1.807) is 0 Å². The molecule has 2 nitrogen and oxygen atoms in total. The number of hydrogen-bond acceptors (Lipinski definition) is 1. The highest BCUT2D eigenvalue weighted by molar-refractivity contribution is 6.30. The summed E-state index contributed by atoms with van der Waals surface area (Å²) in [6, 6.07) is 9.59. The van der Waals surface area contributed by atoms with Crippen LogP contribution in [0.15, 0.2) is 42.7 Å². The number of hydrogen-bond donors (Lipinski definition) is 0. The molecule has 2 aromatic rings. The monoisotopic (exact) mass is 247 g/mol. The van der Waals surface area contributed by atoms with Gasteiger partial charge in [0.05, 0.1) is 0 Å². The molecular formula is C14H14ClNO. The van der Waals surface area contributed by atoms with Crippen molar-refractivity contribution in [2.45, 2.75) is 19.9 Å². The summed E-state index contributed by atoms with van der Waals surface area (Å²) in [5.41, 5.74) is 1.95. The maximum atomic E-state index is 11.5. The lowest BCUT2D eigenvalue weighted by atomic mass is 10.2. The first-order valence-electron chi connectivity index (χ1n) is 5.62. The van der Waals surface area contributed by atoms with Gasteiger partial charge in [0.2, 0.25) is 0 Å². The van der Waals surface area contributed by atoms with E-state index in [-0.39, 0.29) is 5.78 Å². The Morgan fingerprint density at radius 2 is 1.94 bits per heavy atom. The third kappa shape index (κ3) is 2.98. The van der Waals surface area contributed by atoms with Gasteiger partial charge in [-0.05, 0) is 23.8 Å². The van der Waals surface area contributed by atoms with Crippen molar-refractivity contribution >= 4 is 17.4 Å². The number of carbonyl (C=O) groups is 1. The van der Waals surface area contributed by atoms with Gasteiger partial charge in [0.15, 0.2) is 5.78 Å². The minimum Gasteiger partial charge on any atom is -0.349 e. The lowest BCUT2D eigenvalue weighted by Gasteiger charge is -2.03. The van der Waals surface area contributed by atoms with Crippen LogP contribution in [0.4, 0.5) is 0 Å². The molecule has 17 heavy (non-hydrogen) atoms. The fourth-order valence-electron chi connectivity index (χ4n) is 1.71. The first kappa shape index (κ1) is 11.9. The van der Waals surface area contributed by atoms with E-state index in [1.807, 2.05) is 54.2 Å². The first-order valence-corrected chi connectivity index (χ1v) is 6.00. The fourth-order valence-corrected chi connectivity index (χ4v) is 1.83. The third-order valence-corrected chi connectivity index (χ3v) is 2.92. The van der Waals surface area contributed by atoms with E-state index in [1.165, 1.54) is 5.56 Å². The van der Waals surface area contributed by atoms with Crippen LogP contribution in [-0.2, 0) is 6.54 Å². The van der Waals surface area contributed by atoms with Crippen LogP contribution in [0.3, 0.4) is 0 Å². The molecule has 0 aliphatic heterocycles. The Hall–Kier alpha value is -1.54. The van der Waals surface area contributed by atoms with Gasteiger partial charge in [-0.25, -0.2) is 0 Å². The molecule has 2 rings (SSSR count). The predicted molar refractivity (Wildman–Crippen MR) is 69.6 cm³/mol. The van der Waals surface area contributed by atoms with Crippen molar-refractivity contribution in [2.75, 3.05) is 0 Å². The summed E-state index contributed by atoms with van der Waals surface area (Å²) < 4.78 is 2.01. The van der Waals surface area contributed by atoms with E-state index in [9.17, 15) is 4.79 Å². The number of nitrogens with zero attached hydrogens (tertiary/aromatic N) is 1. The Labute approximate surface area is 106 Å². The largest absolute Gasteiger partial charge is 0.349 e. The number of aromatic nitrogens is 1. The Morgan fingerprint density at radius 3 is 2.59 bits per heavy atom. The predicted octanol–water partition coefficient (Wildman–Crippen LogP) is 3.78. The Morgan fingerprint density at radius 1 is 1.24 bits per heavy atom. The summed E-state index contributed by atoms with van der Waals surface area (Å²) in [5.74, 6) is 0.180. The van der Waals surface area contributed by atoms with Crippen molar-refractivity contribution in [1.82, 2.24) is 4.57 Å². The van der Waals surface area contributed by atoms with Gasteiger partial charge >= 0.3 is 0 Å². The number of carbonyl (C=O) groups excluding carboxylic acids is 1. The second-order valence-corrected chi connectivity index (χ2v) is 4.41. The molecule has 1 aromatic heterocycles. The Bertz CT molecular complexity index is 513. The summed E-state index contributed by atoms with van der Waals surface area (Å²) in [6.07, 6.45) is 4.36. The molecule has 0 amide bonds. The van der Waals surface area contributed by atoms with Crippen LogP contribution in [-0.4, -0.2) is 10.4 Å². The molecule has 0 aliphatic rings. The van der Waals surface area contributed by atoms with Crippen LogP contribution >= 0.6 is 11.6 Å². The summed E-state index contributed by atoms with van der Waals surface area (Å²) in [5, 5.41) is 0.739. The second-order valence-electron chi connectivity index (χ2n) is 3.98. The molecule has 0 N–H and O–H groups in total. The van der Waals surface area contributed by atoms with Crippen molar-refractivity contribution in [3.05, 3.63) is 58.9 Å². The van der Waals surface area contributed by atoms with Crippen LogP contribution in [0.5, 0.6) is 0 Å². The molecule has 0 unspecified atom stereocenters. The summed E-state index contributed by atoms with van der Waals surface area (Å²) in [7, 11) is 0. The van der Waals surface area contributed by atoms with E-state index < -0.39 is 0 Å². The van der Waals surface area contributed by atoms with Crippen LogP contribution in [0.2, 0.25) is 5.02 Å². The molecule has 0 radical (unpaired) electrons. The molecule has 1 heterocycles. The highest BCUT2D eigenvalue weighted by Gasteiger charge is 2.04. The maximum Gasteiger partial charge on any atom is 0.164 e. The third-order valence-electron chi connectivity index (χ3n) is 2.67. The van der Waals surface area contributed by atoms with Crippen LogP contribution in [0, 0.1) is 0 Å². The van der Waals surface area contributed by atoms with Crippen LogP contribution < -0.4 is 0 Å². The van der Waals surface area contributed by atoms with Gasteiger partial charge in [0, 0.05) is 35.9 Å². The summed E-state index contributed by atoms with van der Waals surface area (Å²) in [4.78, 5) is 11.5. The van der Waals surface area contributed by atoms with Gasteiger partial charge in [-0.3, -0.25) is 4.79 Å². The average Bonchev–Trinajstić information content (AvgIpc) is 2.80. The lowest BCUT2D eigenvalue weighted by molar-refractivity contribution is 0.0988. The summed E-state index contributed by atoms with van der Waals surface area (Å²) >= 11 is 5.83. The molecule has 0 atom stereocenters. The van der Waals surface area contributed by atoms with Gasteiger partial charge in [-0.2, -0.15) is 0 Å². The van der Waals surface area contributed by atoms with E-state index in [2.05, 4.69) is 0 Å². The molecule has 0 bridgehead atoms. The van der Waals surface area contributed by atoms with Crippen molar-refractivity contribution in [3.8, 4) is 0 Å². The van der Waals surface area contributed by atoms with E-state index >= 15 is 0 Å². The number of benzene rings is 1. The van der Waals surface area contributed by atoms with Crippen molar-refractivity contribution in [1.29, 1.82) is 0 Å². The standard InChI is InChI=1S/C14H14ClNO/c1-2-14(17)12-7-8-16(10-12)9-11-3-5-13(15)6-4-11/h3-8,10H,2,9H2,1H3. The zero-order chi connectivity index (χ0) is 12.3. The van der Waals surface area contributed by atoms with Crippen molar-refractivity contribution in [3.63, 3.8) is 0 Å². The van der Waals surface area contributed by atoms with Crippen molar-refractivity contribution < 1.29 is 4.79 Å². The zero-order valence-electron chi connectivity index (χ0n) is 9.69. The quantitative estimate of drug-likeness (QED) is 0.754. The first-order chi connectivity index (χ1) is 8.19. The summed E-state index contributed by atoms with van der Waals surface area (Å²) in [6.45, 7) is 2.63. The van der Waals surface area contributed by atoms with E-state index in [0.29, 0.717) is 6.42 Å². The van der Waals surface area contributed by atoms with Crippen LogP contribution in [0.1, 0.15) is 29.3 Å². The van der Waals surface area contributed by atoms with Crippen LogP contribution in [0.25, 0.3) is 0 Å². The topological polar surface area (TPSA) is 22.0 Å². The molecule has 0 aliphatic carbocycles. The number of rotatable bonds is 4. The Kier molecular flexibility index (Phi) is 3.64. The maximum absolute atomic E-state index is 11.5. The van der Waals surface area contributed by atoms with Gasteiger partial charge in [-0.1, -0.05) is 30.7 Å². The molecule has 3 heteroatoms. The number of halogens is 1. The molecule has 0 fully saturated rings. The zero-order valence-corrected chi connectivity index (χ0v) is 10.4. The average molecular weight is 248 g/mol. The SMILES string of the molecule is CCC(=O)c1ccn(Cc2ccc(Cl)cc2)c1. The lowest BCUT2D eigenvalue weighted by Crippen LogP contribution is -1.98. The van der Waals surface area contributed by atoms with Gasteiger partial charge < -0.3 is 4.57 Å². The molecule has 0 saturated carbocycles.